The number of hydrogen-bond donors (Lipinski definition) is 0. The minimum Gasteiger partial charge on any atom is -0.465 e. The summed E-state index contributed by atoms with van der Waals surface area (Å²) in [6.07, 6.45) is 1.59. The van der Waals surface area contributed by atoms with Gasteiger partial charge in [-0.25, -0.2) is 9.18 Å². The Labute approximate surface area is 181 Å². The van der Waals surface area contributed by atoms with E-state index in [1.165, 1.54) is 36.3 Å². The van der Waals surface area contributed by atoms with Crippen LogP contribution < -0.4 is 4.90 Å². The predicted molar refractivity (Wildman–Crippen MR) is 118 cm³/mol. The van der Waals surface area contributed by atoms with Crippen LogP contribution in [-0.4, -0.2) is 23.3 Å². The Bertz CT molecular complexity index is 1180. The van der Waals surface area contributed by atoms with Gasteiger partial charge in [-0.1, -0.05) is 42.2 Å². The molecule has 1 aliphatic rings. The first kappa shape index (κ1) is 20.1. The van der Waals surface area contributed by atoms with E-state index in [-0.39, 0.29) is 5.91 Å². The van der Waals surface area contributed by atoms with Crippen molar-refractivity contribution in [2.75, 3.05) is 12.0 Å². The van der Waals surface area contributed by atoms with E-state index >= 15 is 0 Å². The lowest BCUT2D eigenvalue weighted by atomic mass is 10.1. The van der Waals surface area contributed by atoms with Crippen molar-refractivity contribution in [3.63, 3.8) is 0 Å². The number of carbonyl (C=O) groups is 2. The first-order valence-electron chi connectivity index (χ1n) is 8.79. The molecule has 8 heteroatoms. The number of rotatable bonds is 4. The van der Waals surface area contributed by atoms with Crippen LogP contribution in [0.3, 0.4) is 0 Å². The molecule has 1 aromatic heterocycles. The van der Waals surface area contributed by atoms with Gasteiger partial charge in [-0.2, -0.15) is 0 Å². The van der Waals surface area contributed by atoms with Crippen LogP contribution in [0.2, 0.25) is 0 Å². The maximum Gasteiger partial charge on any atom is 0.338 e. The molecule has 0 saturated carbocycles. The highest BCUT2D eigenvalue weighted by molar-refractivity contribution is 8.27. The van der Waals surface area contributed by atoms with Crippen molar-refractivity contribution < 1.29 is 23.1 Å². The van der Waals surface area contributed by atoms with Crippen molar-refractivity contribution in [2.45, 2.75) is 0 Å². The van der Waals surface area contributed by atoms with Crippen LogP contribution in [0.4, 0.5) is 10.1 Å². The molecule has 0 unspecified atom stereocenters. The van der Waals surface area contributed by atoms with Crippen LogP contribution in [0.1, 0.15) is 16.1 Å². The largest absolute Gasteiger partial charge is 0.465 e. The molecule has 0 atom stereocenters. The third kappa shape index (κ3) is 3.79. The van der Waals surface area contributed by atoms with Gasteiger partial charge in [-0.05, 0) is 42.5 Å². The highest BCUT2D eigenvalue weighted by Crippen LogP contribution is 2.37. The number of carbonyl (C=O) groups excluding carboxylic acids is 2. The molecule has 1 aliphatic heterocycles. The molecule has 2 aromatic carbocycles. The minimum absolute atomic E-state index is 0.315. The van der Waals surface area contributed by atoms with Gasteiger partial charge in [0.2, 0.25) is 0 Å². The number of furan rings is 1. The third-order valence-electron chi connectivity index (χ3n) is 4.38. The second kappa shape index (κ2) is 8.25. The number of benzene rings is 2. The van der Waals surface area contributed by atoms with Gasteiger partial charge in [-0.3, -0.25) is 9.69 Å². The molecule has 1 saturated heterocycles. The standard InChI is InChI=1S/C22H14FNO4S2/c1-27-21(26)17-5-3-2-4-16(17)18-11-10-15(28-18)12-19-20(25)24(22(29)30-19)14-8-6-13(23)7-9-14/h2-12H,1H3/b19-12+. The average molecular weight is 439 g/mol. The van der Waals surface area contributed by atoms with Gasteiger partial charge in [0.05, 0.1) is 23.3 Å². The number of halogens is 1. The Morgan fingerprint density at radius 3 is 2.60 bits per heavy atom. The van der Waals surface area contributed by atoms with Gasteiger partial charge < -0.3 is 9.15 Å². The second-order valence-corrected chi connectivity index (χ2v) is 7.91. The van der Waals surface area contributed by atoms with Crippen LogP contribution in [0.5, 0.6) is 0 Å². The summed E-state index contributed by atoms with van der Waals surface area (Å²) in [7, 11) is 1.32. The Morgan fingerprint density at radius 2 is 1.87 bits per heavy atom. The lowest BCUT2D eigenvalue weighted by Gasteiger charge is -2.14. The van der Waals surface area contributed by atoms with Gasteiger partial charge in [0.1, 0.15) is 17.3 Å². The summed E-state index contributed by atoms with van der Waals surface area (Å²) in [6, 6.07) is 15.9. The fraction of sp³-hybridized carbons (Fsp3) is 0.0455. The first-order chi connectivity index (χ1) is 14.5. The molecule has 1 amide bonds. The molecular formula is C22H14FNO4S2. The zero-order valence-electron chi connectivity index (χ0n) is 15.6. The lowest BCUT2D eigenvalue weighted by molar-refractivity contribution is -0.113. The van der Waals surface area contributed by atoms with Crippen molar-refractivity contribution in [3.05, 3.63) is 82.7 Å². The van der Waals surface area contributed by atoms with Gasteiger partial charge in [0, 0.05) is 11.6 Å². The van der Waals surface area contributed by atoms with Crippen LogP contribution in [0.15, 0.2) is 70.0 Å². The van der Waals surface area contributed by atoms with Crippen molar-refractivity contribution >= 4 is 51.9 Å². The quantitative estimate of drug-likeness (QED) is 0.313. The summed E-state index contributed by atoms with van der Waals surface area (Å²) < 4.78 is 24.2. The number of hydrogen-bond acceptors (Lipinski definition) is 6. The van der Waals surface area contributed by atoms with E-state index in [2.05, 4.69) is 0 Å². The molecule has 0 bridgehead atoms. The number of esters is 1. The van der Waals surface area contributed by atoms with Gasteiger partial charge >= 0.3 is 5.97 Å². The number of ether oxygens (including phenoxy) is 1. The fourth-order valence-corrected chi connectivity index (χ4v) is 4.25. The SMILES string of the molecule is COC(=O)c1ccccc1-c1ccc(/C=C2/SC(=S)N(c3ccc(F)cc3)C2=O)o1. The molecule has 150 valence electrons. The van der Waals surface area contributed by atoms with Crippen LogP contribution in [-0.2, 0) is 9.53 Å². The van der Waals surface area contributed by atoms with Crippen LogP contribution >= 0.6 is 24.0 Å². The summed E-state index contributed by atoms with van der Waals surface area (Å²) in [5.41, 5.74) is 1.46. The van der Waals surface area contributed by atoms with Crippen LogP contribution in [0, 0.1) is 5.82 Å². The van der Waals surface area contributed by atoms with E-state index < -0.39 is 11.8 Å². The fourth-order valence-electron chi connectivity index (χ4n) is 2.97. The van der Waals surface area contributed by atoms with E-state index in [0.29, 0.717) is 37.6 Å². The molecule has 5 nitrogen and oxygen atoms in total. The number of amides is 1. The molecule has 3 aromatic rings. The van der Waals surface area contributed by atoms with E-state index in [4.69, 9.17) is 21.4 Å². The Balaban J connectivity index is 1.62. The summed E-state index contributed by atoms with van der Waals surface area (Å²) in [6.45, 7) is 0. The zero-order valence-corrected chi connectivity index (χ0v) is 17.3. The third-order valence-corrected chi connectivity index (χ3v) is 5.68. The average Bonchev–Trinajstić information content (AvgIpc) is 3.33. The molecule has 1 fully saturated rings. The first-order valence-corrected chi connectivity index (χ1v) is 10.0. The van der Waals surface area contributed by atoms with Gasteiger partial charge in [0.15, 0.2) is 4.32 Å². The molecule has 0 spiro atoms. The Hall–Kier alpha value is -3.23. The summed E-state index contributed by atoms with van der Waals surface area (Å²) >= 11 is 6.45. The van der Waals surface area contributed by atoms with Crippen molar-refractivity contribution in [1.82, 2.24) is 0 Å². The summed E-state index contributed by atoms with van der Waals surface area (Å²) in [5, 5.41) is 0. The molecule has 0 radical (unpaired) electrons. The van der Waals surface area contributed by atoms with E-state index in [9.17, 15) is 14.0 Å². The van der Waals surface area contributed by atoms with Crippen LogP contribution in [0.25, 0.3) is 17.4 Å². The molecule has 0 N–H and O–H groups in total. The Kier molecular flexibility index (Phi) is 5.52. The second-order valence-electron chi connectivity index (χ2n) is 6.23. The highest BCUT2D eigenvalue weighted by atomic mass is 32.2. The normalized spacial score (nSPS) is 15.1. The molecule has 30 heavy (non-hydrogen) atoms. The Morgan fingerprint density at radius 1 is 1.13 bits per heavy atom. The van der Waals surface area contributed by atoms with Crippen molar-refractivity contribution in [1.29, 1.82) is 0 Å². The highest BCUT2D eigenvalue weighted by Gasteiger charge is 2.33. The maximum absolute atomic E-state index is 13.2. The minimum atomic E-state index is -0.469. The zero-order chi connectivity index (χ0) is 21.3. The topological polar surface area (TPSA) is 59.8 Å². The number of nitrogens with zero attached hydrogens (tertiary/aromatic N) is 1. The number of thiocarbonyl (C=S) groups is 1. The summed E-state index contributed by atoms with van der Waals surface area (Å²) in [5.74, 6) is -0.274. The smallest absolute Gasteiger partial charge is 0.338 e. The van der Waals surface area contributed by atoms with E-state index in [1.54, 1.807) is 42.5 Å². The molecule has 2 heterocycles. The van der Waals surface area contributed by atoms with E-state index in [0.717, 1.165) is 11.8 Å². The van der Waals surface area contributed by atoms with E-state index in [1.807, 2.05) is 0 Å². The summed E-state index contributed by atoms with van der Waals surface area (Å²) in [4.78, 5) is 26.5. The van der Waals surface area contributed by atoms with Crippen molar-refractivity contribution in [2.24, 2.45) is 0 Å². The van der Waals surface area contributed by atoms with Gasteiger partial charge in [0.25, 0.3) is 5.91 Å². The number of anilines is 1. The number of methoxy groups -OCH3 is 1. The lowest BCUT2D eigenvalue weighted by Crippen LogP contribution is -2.27. The number of thioether (sulfide) groups is 1. The molecule has 4 rings (SSSR count). The predicted octanol–water partition coefficient (Wildman–Crippen LogP) is 5.28. The monoisotopic (exact) mass is 439 g/mol. The molecular weight excluding hydrogens is 425 g/mol. The maximum atomic E-state index is 13.2. The van der Waals surface area contributed by atoms with Gasteiger partial charge in [-0.15, -0.1) is 0 Å². The molecule has 0 aliphatic carbocycles. The van der Waals surface area contributed by atoms with Crippen molar-refractivity contribution in [3.8, 4) is 11.3 Å².